The van der Waals surface area contributed by atoms with Crippen LogP contribution in [0.25, 0.3) is 0 Å². The molecule has 0 unspecified atom stereocenters. The average Bonchev–Trinajstić information content (AvgIpc) is 3.36. The monoisotopic (exact) mass is 470 g/mol. The highest BCUT2D eigenvalue weighted by atomic mass is 19.4. The van der Waals surface area contributed by atoms with Gasteiger partial charge in [-0.2, -0.15) is 13.2 Å². The lowest BCUT2D eigenvalue weighted by atomic mass is 9.95. The Hall–Kier alpha value is -3.62. The van der Waals surface area contributed by atoms with Crippen LogP contribution in [0.3, 0.4) is 0 Å². The van der Waals surface area contributed by atoms with Crippen molar-refractivity contribution < 1.29 is 22.8 Å². The van der Waals surface area contributed by atoms with Crippen molar-refractivity contribution in [1.82, 2.24) is 19.8 Å². The first kappa shape index (κ1) is 23.5. The zero-order valence-electron chi connectivity index (χ0n) is 18.5. The molecule has 0 saturated carbocycles. The first-order valence-electron chi connectivity index (χ1n) is 11.1. The minimum absolute atomic E-state index is 0.0564. The van der Waals surface area contributed by atoms with Crippen molar-refractivity contribution in [3.8, 4) is 0 Å². The molecule has 1 saturated heterocycles. The summed E-state index contributed by atoms with van der Waals surface area (Å²) in [5, 5.41) is 3.01. The van der Waals surface area contributed by atoms with Crippen molar-refractivity contribution in [2.75, 3.05) is 13.1 Å². The molecule has 0 atom stereocenters. The molecule has 2 heterocycles. The molecule has 34 heavy (non-hydrogen) atoms. The van der Waals surface area contributed by atoms with Crippen LogP contribution in [0.2, 0.25) is 0 Å². The highest BCUT2D eigenvalue weighted by molar-refractivity contribution is 5.94. The van der Waals surface area contributed by atoms with E-state index in [1.54, 1.807) is 17.4 Å². The van der Waals surface area contributed by atoms with E-state index in [9.17, 15) is 22.8 Å². The molecule has 6 nitrogen and oxygen atoms in total. The molecule has 0 spiro atoms. The number of rotatable bonds is 6. The minimum atomic E-state index is -4.44. The molecule has 0 aliphatic carbocycles. The minimum Gasteiger partial charge on any atom is -0.352 e. The number of amides is 2. The summed E-state index contributed by atoms with van der Waals surface area (Å²) in [7, 11) is 0. The Morgan fingerprint density at radius 2 is 1.68 bits per heavy atom. The Kier molecular flexibility index (Phi) is 7.00. The second kappa shape index (κ2) is 10.1. The third-order valence-corrected chi connectivity index (χ3v) is 6.10. The Bertz CT molecular complexity index is 1120. The third kappa shape index (κ3) is 5.65. The number of halogens is 3. The summed E-state index contributed by atoms with van der Waals surface area (Å²) < 4.78 is 40.2. The first-order chi connectivity index (χ1) is 16.3. The molecule has 2 amide bonds. The molecule has 1 aromatic heterocycles. The summed E-state index contributed by atoms with van der Waals surface area (Å²) in [5.41, 5.74) is 1.55. The predicted octanol–water partition coefficient (Wildman–Crippen LogP) is 4.12. The number of carbonyl (C=O) groups is 2. The highest BCUT2D eigenvalue weighted by Gasteiger charge is 2.31. The van der Waals surface area contributed by atoms with Gasteiger partial charge in [0.05, 0.1) is 11.9 Å². The Balaban J connectivity index is 1.28. The molecular formula is C25H25F3N4O2. The van der Waals surface area contributed by atoms with E-state index in [2.05, 4.69) is 10.3 Å². The van der Waals surface area contributed by atoms with E-state index in [1.807, 2.05) is 35.0 Å². The summed E-state index contributed by atoms with van der Waals surface area (Å²) in [5.74, 6) is -0.586. The normalized spacial score (nSPS) is 14.7. The molecule has 1 aliphatic rings. The van der Waals surface area contributed by atoms with Gasteiger partial charge in [0, 0.05) is 50.1 Å². The SMILES string of the molecule is O=C(NCc1ccccc1Cn1ccnc1)C1CCN(C(=O)c2ccc(C(F)(F)F)cc2)CC1. The standard InChI is InChI=1S/C25H25F3N4O2/c26-25(27,28)22-7-5-19(6-8-22)24(34)32-12-9-18(10-13-32)23(33)30-15-20-3-1-2-4-21(20)16-31-14-11-29-17-31/h1-8,11,14,17-18H,9-10,12-13,15-16H2,(H,30,33). The van der Waals surface area contributed by atoms with E-state index < -0.39 is 11.7 Å². The quantitative estimate of drug-likeness (QED) is 0.590. The van der Waals surface area contributed by atoms with Crippen molar-refractivity contribution in [2.45, 2.75) is 32.1 Å². The van der Waals surface area contributed by atoms with Crippen molar-refractivity contribution in [3.05, 3.63) is 89.5 Å². The van der Waals surface area contributed by atoms with Crippen LogP contribution in [0, 0.1) is 5.92 Å². The fourth-order valence-corrected chi connectivity index (χ4v) is 4.12. The van der Waals surface area contributed by atoms with E-state index in [1.165, 1.54) is 12.1 Å². The number of hydrogen-bond acceptors (Lipinski definition) is 3. The van der Waals surface area contributed by atoms with E-state index in [4.69, 9.17) is 0 Å². The summed E-state index contributed by atoms with van der Waals surface area (Å²) in [4.78, 5) is 31.0. The van der Waals surface area contributed by atoms with Gasteiger partial charge in [-0.3, -0.25) is 9.59 Å². The number of imidazole rings is 1. The molecule has 3 aromatic rings. The van der Waals surface area contributed by atoms with Gasteiger partial charge in [0.25, 0.3) is 5.91 Å². The van der Waals surface area contributed by atoms with Crippen LogP contribution in [-0.2, 0) is 24.1 Å². The van der Waals surface area contributed by atoms with E-state index >= 15 is 0 Å². The van der Waals surface area contributed by atoms with Gasteiger partial charge in [0.2, 0.25) is 5.91 Å². The zero-order valence-corrected chi connectivity index (χ0v) is 18.5. The van der Waals surface area contributed by atoms with Crippen LogP contribution in [0.15, 0.2) is 67.3 Å². The summed E-state index contributed by atoms with van der Waals surface area (Å²) in [6.45, 7) is 1.84. The van der Waals surface area contributed by atoms with Crippen molar-refractivity contribution in [3.63, 3.8) is 0 Å². The maximum Gasteiger partial charge on any atom is 0.416 e. The number of likely N-dealkylation sites (tertiary alicyclic amines) is 1. The van der Waals surface area contributed by atoms with Crippen LogP contribution < -0.4 is 5.32 Å². The molecule has 0 radical (unpaired) electrons. The highest BCUT2D eigenvalue weighted by Crippen LogP contribution is 2.29. The molecular weight excluding hydrogens is 445 g/mol. The molecule has 9 heteroatoms. The van der Waals surface area contributed by atoms with E-state index in [0.29, 0.717) is 39.0 Å². The van der Waals surface area contributed by atoms with Gasteiger partial charge in [-0.05, 0) is 48.2 Å². The molecule has 4 rings (SSSR count). The largest absolute Gasteiger partial charge is 0.416 e. The van der Waals surface area contributed by atoms with Crippen LogP contribution in [0.1, 0.15) is 39.9 Å². The van der Waals surface area contributed by atoms with Crippen LogP contribution in [-0.4, -0.2) is 39.4 Å². The Morgan fingerprint density at radius 1 is 1.00 bits per heavy atom. The van der Waals surface area contributed by atoms with Gasteiger partial charge in [0.15, 0.2) is 0 Å². The Morgan fingerprint density at radius 3 is 2.29 bits per heavy atom. The van der Waals surface area contributed by atoms with Crippen LogP contribution in [0.5, 0.6) is 0 Å². The summed E-state index contributed by atoms with van der Waals surface area (Å²) >= 11 is 0. The lowest BCUT2D eigenvalue weighted by Gasteiger charge is -2.31. The first-order valence-corrected chi connectivity index (χ1v) is 11.1. The number of hydrogen-bond donors (Lipinski definition) is 1. The Labute approximate surface area is 195 Å². The van der Waals surface area contributed by atoms with Gasteiger partial charge in [-0.1, -0.05) is 24.3 Å². The number of piperidine rings is 1. The van der Waals surface area contributed by atoms with Crippen molar-refractivity contribution in [2.24, 2.45) is 5.92 Å². The summed E-state index contributed by atoms with van der Waals surface area (Å²) in [6.07, 6.45) is 1.93. The number of nitrogens with one attached hydrogen (secondary N) is 1. The summed E-state index contributed by atoms with van der Waals surface area (Å²) in [6, 6.07) is 12.1. The van der Waals surface area contributed by atoms with Crippen molar-refractivity contribution >= 4 is 11.8 Å². The number of aromatic nitrogens is 2. The van der Waals surface area contributed by atoms with Gasteiger partial charge >= 0.3 is 6.18 Å². The number of alkyl halides is 3. The van der Waals surface area contributed by atoms with Gasteiger partial charge in [-0.25, -0.2) is 4.98 Å². The smallest absolute Gasteiger partial charge is 0.352 e. The van der Waals surface area contributed by atoms with Crippen molar-refractivity contribution in [1.29, 1.82) is 0 Å². The van der Waals surface area contributed by atoms with Crippen LogP contribution >= 0.6 is 0 Å². The van der Waals surface area contributed by atoms with E-state index in [-0.39, 0.29) is 23.3 Å². The maximum atomic E-state index is 12.7. The van der Waals surface area contributed by atoms with E-state index in [0.717, 1.165) is 23.3 Å². The predicted molar refractivity (Wildman–Crippen MR) is 120 cm³/mol. The fraction of sp³-hybridized carbons (Fsp3) is 0.320. The number of benzene rings is 2. The third-order valence-electron chi connectivity index (χ3n) is 6.10. The molecule has 0 bridgehead atoms. The van der Waals surface area contributed by atoms with Gasteiger partial charge in [-0.15, -0.1) is 0 Å². The lowest BCUT2D eigenvalue weighted by Crippen LogP contribution is -2.43. The number of carbonyl (C=O) groups excluding carboxylic acids is 2. The fourth-order valence-electron chi connectivity index (χ4n) is 4.12. The maximum absolute atomic E-state index is 12.7. The second-order valence-corrected chi connectivity index (χ2v) is 8.36. The molecule has 2 aromatic carbocycles. The lowest BCUT2D eigenvalue weighted by molar-refractivity contribution is -0.137. The van der Waals surface area contributed by atoms with Gasteiger partial charge < -0.3 is 14.8 Å². The number of nitrogens with zero attached hydrogens (tertiary/aromatic N) is 3. The molecule has 178 valence electrons. The zero-order chi connectivity index (χ0) is 24.1. The second-order valence-electron chi connectivity index (χ2n) is 8.36. The molecule has 1 N–H and O–H groups in total. The molecule has 1 aliphatic heterocycles. The average molecular weight is 470 g/mol. The molecule has 1 fully saturated rings. The van der Waals surface area contributed by atoms with Crippen LogP contribution in [0.4, 0.5) is 13.2 Å². The topological polar surface area (TPSA) is 67.2 Å². The van der Waals surface area contributed by atoms with Gasteiger partial charge in [0.1, 0.15) is 0 Å².